The largest absolute Gasteiger partial charge is 0.335 e. The highest BCUT2D eigenvalue weighted by Gasteiger charge is 2.17. The summed E-state index contributed by atoms with van der Waals surface area (Å²) in [5.41, 5.74) is 1.21. The lowest BCUT2D eigenvalue weighted by Gasteiger charge is -2.06. The second kappa shape index (κ2) is 5.60. The first kappa shape index (κ1) is 13.2. The molecule has 7 nitrogen and oxygen atoms in total. The van der Waals surface area contributed by atoms with E-state index in [9.17, 15) is 9.59 Å². The molecule has 0 radical (unpaired) electrons. The molecule has 0 fully saturated rings. The minimum absolute atomic E-state index is 0.227. The van der Waals surface area contributed by atoms with Crippen LogP contribution in [0.4, 0.5) is 5.69 Å². The van der Waals surface area contributed by atoms with Crippen LogP contribution in [0, 0.1) is 11.3 Å². The van der Waals surface area contributed by atoms with E-state index >= 15 is 0 Å². The SMILES string of the molecule is N#CCNC(=O)C(=O)Nc1c(Cl)ccc2nsnc12. The van der Waals surface area contributed by atoms with Gasteiger partial charge >= 0.3 is 11.8 Å². The molecule has 0 atom stereocenters. The number of anilines is 1. The van der Waals surface area contributed by atoms with Crippen LogP contribution < -0.4 is 10.6 Å². The molecule has 0 aliphatic rings. The summed E-state index contributed by atoms with van der Waals surface area (Å²) in [6.07, 6.45) is 0. The quantitative estimate of drug-likeness (QED) is 0.633. The lowest BCUT2D eigenvalue weighted by atomic mass is 10.2. The second-order valence-electron chi connectivity index (χ2n) is 3.35. The minimum atomic E-state index is -0.919. The maximum Gasteiger partial charge on any atom is 0.313 e. The number of nitrogens with one attached hydrogen (secondary N) is 2. The van der Waals surface area contributed by atoms with Crippen molar-refractivity contribution in [3.8, 4) is 6.07 Å². The highest BCUT2D eigenvalue weighted by Crippen LogP contribution is 2.29. The molecule has 2 N–H and O–H groups in total. The molecular weight excluding hydrogens is 290 g/mol. The molecule has 0 aliphatic carbocycles. The van der Waals surface area contributed by atoms with E-state index < -0.39 is 11.8 Å². The van der Waals surface area contributed by atoms with Gasteiger partial charge in [0.05, 0.1) is 28.5 Å². The molecule has 0 spiro atoms. The smallest absolute Gasteiger partial charge is 0.313 e. The van der Waals surface area contributed by atoms with Crippen LogP contribution in [0.25, 0.3) is 11.0 Å². The Balaban J connectivity index is 2.24. The van der Waals surface area contributed by atoms with Gasteiger partial charge in [-0.3, -0.25) is 9.59 Å². The number of rotatable bonds is 2. The van der Waals surface area contributed by atoms with E-state index in [-0.39, 0.29) is 17.3 Å². The monoisotopic (exact) mass is 295 g/mol. The van der Waals surface area contributed by atoms with Crippen molar-refractivity contribution >= 4 is 51.9 Å². The van der Waals surface area contributed by atoms with Crippen LogP contribution in [0.1, 0.15) is 0 Å². The lowest BCUT2D eigenvalue weighted by Crippen LogP contribution is -2.35. The molecule has 0 unspecified atom stereocenters. The Morgan fingerprint density at radius 2 is 2.16 bits per heavy atom. The van der Waals surface area contributed by atoms with Crippen molar-refractivity contribution in [2.24, 2.45) is 0 Å². The molecule has 2 amide bonds. The third-order valence-electron chi connectivity index (χ3n) is 2.15. The summed E-state index contributed by atoms with van der Waals surface area (Å²) < 4.78 is 8.00. The number of carbonyl (C=O) groups excluding carboxylic acids is 2. The first-order valence-electron chi connectivity index (χ1n) is 5.00. The number of hydrogen-bond donors (Lipinski definition) is 2. The highest BCUT2D eigenvalue weighted by molar-refractivity contribution is 7.00. The fraction of sp³-hybridized carbons (Fsp3) is 0.100. The summed E-state index contributed by atoms with van der Waals surface area (Å²) in [5, 5.41) is 13.0. The van der Waals surface area contributed by atoms with Crippen LogP contribution in [0.2, 0.25) is 5.02 Å². The van der Waals surface area contributed by atoms with E-state index in [1.165, 1.54) is 0 Å². The van der Waals surface area contributed by atoms with Gasteiger partial charge < -0.3 is 10.6 Å². The summed E-state index contributed by atoms with van der Waals surface area (Å²) in [7, 11) is 0. The molecule has 1 heterocycles. The molecule has 0 aliphatic heterocycles. The predicted molar refractivity (Wildman–Crippen MR) is 69.7 cm³/mol. The van der Waals surface area contributed by atoms with Gasteiger partial charge in [-0.05, 0) is 12.1 Å². The Morgan fingerprint density at radius 3 is 2.89 bits per heavy atom. The van der Waals surface area contributed by atoms with Crippen LogP contribution in [0.15, 0.2) is 12.1 Å². The molecule has 0 saturated carbocycles. The van der Waals surface area contributed by atoms with Gasteiger partial charge in [0.1, 0.15) is 17.6 Å². The first-order valence-corrected chi connectivity index (χ1v) is 6.11. The summed E-state index contributed by atoms with van der Waals surface area (Å²) in [6.45, 7) is -0.248. The molecule has 0 bridgehead atoms. The summed E-state index contributed by atoms with van der Waals surface area (Å²) in [5.74, 6) is -1.84. The fourth-order valence-corrected chi connectivity index (χ4v) is 2.06. The van der Waals surface area contributed by atoms with Crippen molar-refractivity contribution in [2.75, 3.05) is 11.9 Å². The zero-order valence-electron chi connectivity index (χ0n) is 9.31. The Bertz CT molecular complexity index is 693. The number of halogens is 1. The van der Waals surface area contributed by atoms with Gasteiger partial charge in [0.2, 0.25) is 0 Å². The van der Waals surface area contributed by atoms with Crippen LogP contribution in [-0.4, -0.2) is 27.1 Å². The number of carbonyl (C=O) groups is 2. The Labute approximate surface area is 116 Å². The number of hydrogen-bond acceptors (Lipinski definition) is 6. The maximum absolute atomic E-state index is 11.6. The average molecular weight is 296 g/mol. The molecule has 96 valence electrons. The van der Waals surface area contributed by atoms with Crippen LogP contribution in [-0.2, 0) is 9.59 Å². The van der Waals surface area contributed by atoms with Crippen LogP contribution in [0.3, 0.4) is 0 Å². The topological polar surface area (TPSA) is 108 Å². The van der Waals surface area contributed by atoms with Crippen molar-refractivity contribution in [3.05, 3.63) is 17.2 Å². The van der Waals surface area contributed by atoms with Gasteiger partial charge in [0.15, 0.2) is 0 Å². The van der Waals surface area contributed by atoms with Gasteiger partial charge in [-0.15, -0.1) is 0 Å². The molecule has 19 heavy (non-hydrogen) atoms. The van der Waals surface area contributed by atoms with Gasteiger partial charge in [-0.25, -0.2) is 0 Å². The Kier molecular flexibility index (Phi) is 3.89. The minimum Gasteiger partial charge on any atom is -0.335 e. The second-order valence-corrected chi connectivity index (χ2v) is 4.28. The molecule has 2 rings (SSSR count). The number of amides is 2. The van der Waals surface area contributed by atoms with Gasteiger partial charge in [-0.1, -0.05) is 11.6 Å². The standard InChI is InChI=1S/C10H6ClN5O2S/c11-5-1-2-6-8(16-19-15-6)7(5)14-10(18)9(17)13-4-3-12/h1-2H,4H2,(H,13,17)(H,14,18). The molecule has 1 aromatic heterocycles. The Hall–Kier alpha value is -2.24. The number of nitriles is 1. The summed E-state index contributed by atoms with van der Waals surface area (Å²) in [6, 6.07) is 4.90. The van der Waals surface area contributed by atoms with Gasteiger partial charge in [0, 0.05) is 0 Å². The van der Waals surface area contributed by atoms with E-state index in [0.717, 1.165) is 11.7 Å². The molecular formula is C10H6ClN5O2S. The third kappa shape index (κ3) is 2.78. The van der Waals surface area contributed by atoms with E-state index in [1.54, 1.807) is 18.2 Å². The van der Waals surface area contributed by atoms with E-state index in [1.807, 2.05) is 0 Å². The highest BCUT2D eigenvalue weighted by atomic mass is 35.5. The van der Waals surface area contributed by atoms with Crippen molar-refractivity contribution < 1.29 is 9.59 Å². The average Bonchev–Trinajstić information content (AvgIpc) is 2.87. The van der Waals surface area contributed by atoms with Crippen LogP contribution >= 0.6 is 23.3 Å². The van der Waals surface area contributed by atoms with E-state index in [0.29, 0.717) is 11.0 Å². The summed E-state index contributed by atoms with van der Waals surface area (Å²) in [4.78, 5) is 22.9. The Morgan fingerprint density at radius 1 is 1.37 bits per heavy atom. The van der Waals surface area contributed by atoms with Crippen molar-refractivity contribution in [3.63, 3.8) is 0 Å². The molecule has 1 aromatic carbocycles. The van der Waals surface area contributed by atoms with Gasteiger partial charge in [-0.2, -0.15) is 14.0 Å². The fourth-order valence-electron chi connectivity index (χ4n) is 1.32. The van der Waals surface area contributed by atoms with E-state index in [4.69, 9.17) is 16.9 Å². The number of aromatic nitrogens is 2. The zero-order chi connectivity index (χ0) is 13.8. The summed E-state index contributed by atoms with van der Waals surface area (Å²) >= 11 is 6.92. The van der Waals surface area contributed by atoms with E-state index in [2.05, 4.69) is 19.4 Å². The first-order chi connectivity index (χ1) is 9.13. The van der Waals surface area contributed by atoms with Crippen molar-refractivity contribution in [1.82, 2.24) is 14.1 Å². The zero-order valence-corrected chi connectivity index (χ0v) is 10.9. The lowest BCUT2D eigenvalue weighted by molar-refractivity contribution is -0.136. The number of benzene rings is 1. The predicted octanol–water partition coefficient (Wildman–Crippen LogP) is 0.923. The van der Waals surface area contributed by atoms with Crippen LogP contribution in [0.5, 0.6) is 0 Å². The molecule has 0 saturated heterocycles. The number of fused-ring (bicyclic) bond motifs is 1. The van der Waals surface area contributed by atoms with Crippen molar-refractivity contribution in [1.29, 1.82) is 5.26 Å². The normalized spacial score (nSPS) is 9.89. The van der Waals surface area contributed by atoms with Crippen molar-refractivity contribution in [2.45, 2.75) is 0 Å². The molecule has 9 heteroatoms. The van der Waals surface area contributed by atoms with Gasteiger partial charge in [0.25, 0.3) is 0 Å². The molecule has 2 aromatic rings. The maximum atomic E-state index is 11.6. The number of nitrogens with zero attached hydrogens (tertiary/aromatic N) is 3. The third-order valence-corrected chi connectivity index (χ3v) is 3.01.